The molecular weight excluding hydrogens is 150 g/mol. The van der Waals surface area contributed by atoms with E-state index in [9.17, 15) is 5.11 Å². The Kier molecular flexibility index (Phi) is 3.76. The maximum absolute atomic E-state index is 9.27. The number of aliphatic hydroxyl groups excluding tert-OH is 1. The van der Waals surface area contributed by atoms with Crippen LogP contribution >= 0.6 is 0 Å². The fraction of sp³-hybridized carbons (Fsp3) is 0.800. The summed E-state index contributed by atoms with van der Waals surface area (Å²) in [5, 5.41) is 12.6. The third-order valence-electron chi connectivity index (χ3n) is 2.60. The van der Waals surface area contributed by atoms with Crippen molar-refractivity contribution >= 4 is 0 Å². The maximum Gasteiger partial charge on any atom is 0.0543 e. The van der Waals surface area contributed by atoms with Crippen molar-refractivity contribution in [2.45, 2.75) is 38.3 Å². The van der Waals surface area contributed by atoms with Crippen LogP contribution in [0.5, 0.6) is 0 Å². The summed E-state index contributed by atoms with van der Waals surface area (Å²) >= 11 is 0. The van der Waals surface area contributed by atoms with E-state index in [4.69, 9.17) is 0 Å². The van der Waals surface area contributed by atoms with Crippen molar-refractivity contribution in [2.24, 2.45) is 5.92 Å². The van der Waals surface area contributed by atoms with Gasteiger partial charge < -0.3 is 10.4 Å². The Morgan fingerprint density at radius 3 is 2.92 bits per heavy atom. The van der Waals surface area contributed by atoms with Gasteiger partial charge in [0.15, 0.2) is 0 Å². The highest BCUT2D eigenvalue weighted by Gasteiger charge is 2.22. The molecular formula is C10H19NO. The van der Waals surface area contributed by atoms with E-state index in [1.165, 1.54) is 0 Å². The average Bonchev–Trinajstić information content (AvgIpc) is 2.47. The van der Waals surface area contributed by atoms with E-state index in [0.29, 0.717) is 12.0 Å². The smallest absolute Gasteiger partial charge is 0.0543 e. The van der Waals surface area contributed by atoms with Crippen molar-refractivity contribution in [3.05, 3.63) is 12.7 Å². The van der Waals surface area contributed by atoms with Gasteiger partial charge in [-0.3, -0.25) is 0 Å². The number of rotatable bonds is 4. The molecule has 2 nitrogen and oxygen atoms in total. The van der Waals surface area contributed by atoms with E-state index in [2.05, 4.69) is 18.8 Å². The van der Waals surface area contributed by atoms with E-state index < -0.39 is 0 Å². The SMILES string of the molecule is C=CC(C)NCC1CCC(O)C1. The van der Waals surface area contributed by atoms with Gasteiger partial charge in [0.1, 0.15) is 0 Å². The zero-order valence-corrected chi connectivity index (χ0v) is 7.79. The average molecular weight is 169 g/mol. The van der Waals surface area contributed by atoms with Crippen LogP contribution in [0, 0.1) is 5.92 Å². The Morgan fingerprint density at radius 2 is 2.42 bits per heavy atom. The molecule has 1 aliphatic rings. The van der Waals surface area contributed by atoms with Gasteiger partial charge in [-0.25, -0.2) is 0 Å². The molecule has 0 aromatic rings. The second-order valence-corrected chi connectivity index (χ2v) is 3.77. The second-order valence-electron chi connectivity index (χ2n) is 3.77. The number of aliphatic hydroxyl groups is 1. The van der Waals surface area contributed by atoms with Crippen molar-refractivity contribution in [3.8, 4) is 0 Å². The van der Waals surface area contributed by atoms with Crippen LogP contribution in [0.25, 0.3) is 0 Å². The molecule has 0 aliphatic heterocycles. The Morgan fingerprint density at radius 1 is 1.67 bits per heavy atom. The zero-order valence-electron chi connectivity index (χ0n) is 7.79. The predicted molar refractivity (Wildman–Crippen MR) is 51.0 cm³/mol. The second kappa shape index (κ2) is 4.63. The van der Waals surface area contributed by atoms with E-state index in [-0.39, 0.29) is 6.10 Å². The summed E-state index contributed by atoms with van der Waals surface area (Å²) in [6.45, 7) is 6.82. The quantitative estimate of drug-likeness (QED) is 0.622. The van der Waals surface area contributed by atoms with Crippen molar-refractivity contribution in [1.82, 2.24) is 5.32 Å². The molecule has 1 rings (SSSR count). The molecule has 12 heavy (non-hydrogen) atoms. The molecule has 0 amide bonds. The Balaban J connectivity index is 2.11. The van der Waals surface area contributed by atoms with Gasteiger partial charge in [-0.15, -0.1) is 6.58 Å². The van der Waals surface area contributed by atoms with Crippen molar-refractivity contribution < 1.29 is 5.11 Å². The Labute approximate surface area is 74.7 Å². The Hall–Kier alpha value is -0.340. The first-order valence-corrected chi connectivity index (χ1v) is 4.76. The number of hydrogen-bond donors (Lipinski definition) is 2. The molecule has 70 valence electrons. The van der Waals surface area contributed by atoms with Crippen molar-refractivity contribution in [3.63, 3.8) is 0 Å². The Bertz CT molecular complexity index is 147. The topological polar surface area (TPSA) is 32.3 Å². The summed E-state index contributed by atoms with van der Waals surface area (Å²) in [4.78, 5) is 0. The van der Waals surface area contributed by atoms with Gasteiger partial charge in [0, 0.05) is 6.04 Å². The van der Waals surface area contributed by atoms with Crippen molar-refractivity contribution in [2.75, 3.05) is 6.54 Å². The molecule has 1 fully saturated rings. The summed E-state index contributed by atoms with van der Waals surface area (Å²) in [6.07, 6.45) is 4.98. The minimum Gasteiger partial charge on any atom is -0.393 e. The molecule has 0 aromatic carbocycles. The first-order chi connectivity index (χ1) is 5.72. The molecule has 3 unspecified atom stereocenters. The predicted octanol–water partition coefficient (Wildman–Crippen LogP) is 1.31. The van der Waals surface area contributed by atoms with Gasteiger partial charge in [0.05, 0.1) is 6.10 Å². The summed E-state index contributed by atoms with van der Waals surface area (Å²) in [7, 11) is 0. The van der Waals surface area contributed by atoms with Gasteiger partial charge in [-0.05, 0) is 38.6 Å². The lowest BCUT2D eigenvalue weighted by Crippen LogP contribution is -2.28. The standard InChI is InChI=1S/C10H19NO/c1-3-8(2)11-7-9-4-5-10(12)6-9/h3,8-12H,1,4-7H2,2H3. The summed E-state index contributed by atoms with van der Waals surface area (Å²) in [5.74, 6) is 0.669. The molecule has 2 heteroatoms. The van der Waals surface area contributed by atoms with Crippen LogP contribution in [0.3, 0.4) is 0 Å². The van der Waals surface area contributed by atoms with Crippen LogP contribution in [0.4, 0.5) is 0 Å². The van der Waals surface area contributed by atoms with Gasteiger partial charge >= 0.3 is 0 Å². The lowest BCUT2D eigenvalue weighted by molar-refractivity contribution is 0.177. The van der Waals surface area contributed by atoms with Gasteiger partial charge in [-0.1, -0.05) is 6.08 Å². The molecule has 0 radical (unpaired) electrons. The van der Waals surface area contributed by atoms with E-state index in [1.807, 2.05) is 6.08 Å². The van der Waals surface area contributed by atoms with Gasteiger partial charge in [0.2, 0.25) is 0 Å². The maximum atomic E-state index is 9.27. The molecule has 0 spiro atoms. The van der Waals surface area contributed by atoms with E-state index >= 15 is 0 Å². The molecule has 1 aliphatic carbocycles. The highest BCUT2D eigenvalue weighted by atomic mass is 16.3. The summed E-state index contributed by atoms with van der Waals surface area (Å²) in [5.41, 5.74) is 0. The molecule has 3 atom stereocenters. The fourth-order valence-electron chi connectivity index (χ4n) is 1.67. The lowest BCUT2D eigenvalue weighted by atomic mass is 10.1. The van der Waals surface area contributed by atoms with Crippen LogP contribution in [-0.4, -0.2) is 23.8 Å². The summed E-state index contributed by atoms with van der Waals surface area (Å²) < 4.78 is 0. The van der Waals surface area contributed by atoms with Gasteiger partial charge in [-0.2, -0.15) is 0 Å². The van der Waals surface area contributed by atoms with Crippen LogP contribution in [0.1, 0.15) is 26.2 Å². The van der Waals surface area contributed by atoms with Crippen molar-refractivity contribution in [1.29, 1.82) is 0 Å². The van der Waals surface area contributed by atoms with Crippen LogP contribution < -0.4 is 5.32 Å². The highest BCUT2D eigenvalue weighted by Crippen LogP contribution is 2.24. The van der Waals surface area contributed by atoms with Gasteiger partial charge in [0.25, 0.3) is 0 Å². The minimum absolute atomic E-state index is 0.0455. The third-order valence-corrected chi connectivity index (χ3v) is 2.60. The van der Waals surface area contributed by atoms with Crippen LogP contribution in [0.2, 0.25) is 0 Å². The van der Waals surface area contributed by atoms with Crippen LogP contribution in [-0.2, 0) is 0 Å². The molecule has 0 aromatic heterocycles. The fourth-order valence-corrected chi connectivity index (χ4v) is 1.67. The first kappa shape index (κ1) is 9.75. The summed E-state index contributed by atoms with van der Waals surface area (Å²) in [6, 6.07) is 0.391. The number of nitrogens with one attached hydrogen (secondary N) is 1. The largest absolute Gasteiger partial charge is 0.393 e. The van der Waals surface area contributed by atoms with E-state index in [1.54, 1.807) is 0 Å². The minimum atomic E-state index is -0.0455. The first-order valence-electron chi connectivity index (χ1n) is 4.76. The monoisotopic (exact) mass is 169 g/mol. The normalized spacial score (nSPS) is 31.8. The molecule has 0 saturated heterocycles. The molecule has 2 N–H and O–H groups in total. The molecule has 0 bridgehead atoms. The van der Waals surface area contributed by atoms with Crippen LogP contribution in [0.15, 0.2) is 12.7 Å². The zero-order chi connectivity index (χ0) is 8.97. The van der Waals surface area contributed by atoms with E-state index in [0.717, 1.165) is 25.8 Å². The highest BCUT2D eigenvalue weighted by molar-refractivity contribution is 4.83. The molecule has 1 saturated carbocycles. The lowest BCUT2D eigenvalue weighted by Gasteiger charge is -2.13. The molecule has 0 heterocycles. The third kappa shape index (κ3) is 2.95. The number of hydrogen-bond acceptors (Lipinski definition) is 2.